The summed E-state index contributed by atoms with van der Waals surface area (Å²) in [5.41, 5.74) is 7.49. The minimum Gasteiger partial charge on any atom is -0.384 e. The first-order valence-electron chi connectivity index (χ1n) is 6.04. The number of carbonyl (C=O) groups excluding carboxylic acids is 1. The number of carbonyl (C=O) groups is 1. The minimum absolute atomic E-state index is 0.191. The zero-order valence-electron chi connectivity index (χ0n) is 11.0. The highest BCUT2D eigenvalue weighted by Gasteiger charge is 2.05. The van der Waals surface area contributed by atoms with Crippen LogP contribution in [0.4, 0.5) is 5.82 Å². The second kappa shape index (κ2) is 6.25. The molecule has 0 spiro atoms. The molecule has 1 heterocycles. The summed E-state index contributed by atoms with van der Waals surface area (Å²) < 4.78 is 1.56. The first-order chi connectivity index (χ1) is 9.56. The molecule has 1 amide bonds. The molecule has 2 aromatic rings. The third kappa shape index (κ3) is 3.61. The van der Waals surface area contributed by atoms with Crippen molar-refractivity contribution in [2.45, 2.75) is 6.54 Å². The summed E-state index contributed by atoms with van der Waals surface area (Å²) in [6.45, 7) is 0.351. The normalized spacial score (nSPS) is 10.9. The molecular formula is C14H15ClN4O. The number of nitrogens with two attached hydrogens (primary N) is 1. The van der Waals surface area contributed by atoms with E-state index in [2.05, 4.69) is 10.4 Å². The summed E-state index contributed by atoms with van der Waals surface area (Å²) in [7, 11) is 1.75. The van der Waals surface area contributed by atoms with Gasteiger partial charge in [0.25, 0.3) is 0 Å². The maximum atomic E-state index is 11.7. The molecule has 0 radical (unpaired) electrons. The number of hydrogen-bond donors (Lipinski definition) is 2. The summed E-state index contributed by atoms with van der Waals surface area (Å²) in [5.74, 6) is 0.357. The Kier molecular flexibility index (Phi) is 4.42. The predicted octanol–water partition coefficient (Wildman–Crippen LogP) is 1.99. The van der Waals surface area contributed by atoms with E-state index in [4.69, 9.17) is 17.3 Å². The molecule has 3 N–H and O–H groups in total. The first kappa shape index (κ1) is 14.1. The van der Waals surface area contributed by atoms with Crippen molar-refractivity contribution in [3.05, 3.63) is 52.7 Å². The number of anilines is 1. The monoisotopic (exact) mass is 290 g/mol. The molecule has 0 atom stereocenters. The Morgan fingerprint density at radius 3 is 2.75 bits per heavy atom. The van der Waals surface area contributed by atoms with Crippen LogP contribution in [0.5, 0.6) is 0 Å². The third-order valence-electron chi connectivity index (χ3n) is 2.81. The fourth-order valence-electron chi connectivity index (χ4n) is 1.62. The van der Waals surface area contributed by atoms with Gasteiger partial charge in [-0.25, -0.2) is 0 Å². The Labute approximate surface area is 122 Å². The van der Waals surface area contributed by atoms with E-state index in [1.165, 1.54) is 6.08 Å². The molecule has 0 unspecified atom stereocenters. The number of benzene rings is 1. The van der Waals surface area contributed by atoms with Gasteiger partial charge in [0.15, 0.2) is 0 Å². The van der Waals surface area contributed by atoms with Crippen LogP contribution >= 0.6 is 11.6 Å². The number of halogens is 1. The van der Waals surface area contributed by atoms with Crippen molar-refractivity contribution >= 4 is 29.4 Å². The molecule has 0 aliphatic rings. The van der Waals surface area contributed by atoms with E-state index in [9.17, 15) is 4.79 Å². The van der Waals surface area contributed by atoms with Crippen LogP contribution in [0.2, 0.25) is 5.02 Å². The van der Waals surface area contributed by atoms with E-state index in [-0.39, 0.29) is 5.91 Å². The number of aromatic nitrogens is 2. The van der Waals surface area contributed by atoms with Crippen molar-refractivity contribution in [3.8, 4) is 0 Å². The first-order valence-corrected chi connectivity index (χ1v) is 6.42. The van der Waals surface area contributed by atoms with Crippen molar-refractivity contribution in [1.82, 2.24) is 15.1 Å². The molecule has 6 heteroatoms. The second-order valence-corrected chi connectivity index (χ2v) is 4.72. The van der Waals surface area contributed by atoms with Crippen molar-refractivity contribution in [2.24, 2.45) is 7.05 Å². The average molecular weight is 291 g/mol. The standard InChI is InChI=1S/C14H15ClN4O/c1-19-14(16)11(9-18-19)8-17-13(20)7-4-10-2-5-12(15)6-3-10/h2-7,9H,8,16H2,1H3,(H,17,20). The van der Waals surface area contributed by atoms with Gasteiger partial charge in [-0.15, -0.1) is 0 Å². The van der Waals surface area contributed by atoms with E-state index in [0.29, 0.717) is 17.4 Å². The van der Waals surface area contributed by atoms with Crippen LogP contribution in [0, 0.1) is 0 Å². The Bertz CT molecular complexity index is 631. The van der Waals surface area contributed by atoms with Crippen molar-refractivity contribution in [1.29, 1.82) is 0 Å². The van der Waals surface area contributed by atoms with Gasteiger partial charge in [-0.3, -0.25) is 9.48 Å². The van der Waals surface area contributed by atoms with Gasteiger partial charge in [-0.05, 0) is 23.8 Å². The summed E-state index contributed by atoms with van der Waals surface area (Å²) >= 11 is 5.79. The minimum atomic E-state index is -0.191. The number of nitrogen functional groups attached to an aromatic ring is 1. The fraction of sp³-hybridized carbons (Fsp3) is 0.143. The van der Waals surface area contributed by atoms with Crippen LogP contribution in [-0.2, 0) is 18.4 Å². The van der Waals surface area contributed by atoms with Crippen LogP contribution in [-0.4, -0.2) is 15.7 Å². The van der Waals surface area contributed by atoms with Gasteiger partial charge in [0.05, 0.1) is 6.20 Å². The summed E-state index contributed by atoms with van der Waals surface area (Å²) in [6, 6.07) is 7.22. The van der Waals surface area contributed by atoms with Crippen LogP contribution in [0.3, 0.4) is 0 Å². The molecule has 5 nitrogen and oxygen atoms in total. The molecule has 1 aromatic carbocycles. The maximum Gasteiger partial charge on any atom is 0.244 e. The smallest absolute Gasteiger partial charge is 0.244 e. The lowest BCUT2D eigenvalue weighted by Gasteiger charge is -2.01. The third-order valence-corrected chi connectivity index (χ3v) is 3.07. The van der Waals surface area contributed by atoms with Crippen LogP contribution in [0.25, 0.3) is 6.08 Å². The Morgan fingerprint density at radius 2 is 2.15 bits per heavy atom. The molecule has 0 aliphatic carbocycles. The fourth-order valence-corrected chi connectivity index (χ4v) is 1.74. The van der Waals surface area contributed by atoms with Gasteiger partial charge in [0, 0.05) is 30.3 Å². The lowest BCUT2D eigenvalue weighted by molar-refractivity contribution is -0.116. The molecule has 1 aromatic heterocycles. The summed E-state index contributed by atoms with van der Waals surface area (Å²) in [5, 5.41) is 7.42. The van der Waals surface area contributed by atoms with Crippen molar-refractivity contribution in [2.75, 3.05) is 5.73 Å². The lowest BCUT2D eigenvalue weighted by atomic mass is 10.2. The molecule has 0 fully saturated rings. The van der Waals surface area contributed by atoms with E-state index in [1.54, 1.807) is 36.1 Å². The molecule has 0 bridgehead atoms. The number of nitrogens with one attached hydrogen (secondary N) is 1. The number of nitrogens with zero attached hydrogens (tertiary/aromatic N) is 2. The molecule has 0 saturated carbocycles. The lowest BCUT2D eigenvalue weighted by Crippen LogP contribution is -2.20. The number of hydrogen-bond acceptors (Lipinski definition) is 3. The van der Waals surface area contributed by atoms with Crippen LogP contribution < -0.4 is 11.1 Å². The molecule has 0 saturated heterocycles. The largest absolute Gasteiger partial charge is 0.384 e. The number of aryl methyl sites for hydroxylation is 1. The molecule has 0 aliphatic heterocycles. The zero-order valence-corrected chi connectivity index (χ0v) is 11.8. The van der Waals surface area contributed by atoms with Gasteiger partial charge in [-0.1, -0.05) is 23.7 Å². The molecular weight excluding hydrogens is 276 g/mol. The van der Waals surface area contributed by atoms with Gasteiger partial charge in [0.1, 0.15) is 5.82 Å². The average Bonchev–Trinajstić information content (AvgIpc) is 2.76. The highest BCUT2D eigenvalue weighted by molar-refractivity contribution is 6.30. The highest BCUT2D eigenvalue weighted by atomic mass is 35.5. The quantitative estimate of drug-likeness (QED) is 0.846. The van der Waals surface area contributed by atoms with E-state index >= 15 is 0 Å². The van der Waals surface area contributed by atoms with E-state index in [0.717, 1.165) is 11.1 Å². The Hall–Kier alpha value is -2.27. The molecule has 2 rings (SSSR count). The number of amides is 1. The maximum absolute atomic E-state index is 11.7. The predicted molar refractivity (Wildman–Crippen MR) is 80.0 cm³/mol. The summed E-state index contributed by atoms with van der Waals surface area (Å²) in [6.07, 6.45) is 4.83. The SMILES string of the molecule is Cn1ncc(CNC(=O)C=Cc2ccc(Cl)cc2)c1N. The molecule has 104 valence electrons. The number of rotatable bonds is 4. The Morgan fingerprint density at radius 1 is 1.45 bits per heavy atom. The topological polar surface area (TPSA) is 72.9 Å². The summed E-state index contributed by atoms with van der Waals surface area (Å²) in [4.78, 5) is 11.7. The van der Waals surface area contributed by atoms with Crippen molar-refractivity contribution < 1.29 is 4.79 Å². The molecule has 20 heavy (non-hydrogen) atoms. The zero-order chi connectivity index (χ0) is 14.5. The van der Waals surface area contributed by atoms with Gasteiger partial charge in [-0.2, -0.15) is 5.10 Å². The van der Waals surface area contributed by atoms with Crippen LogP contribution in [0.1, 0.15) is 11.1 Å². The second-order valence-electron chi connectivity index (χ2n) is 4.28. The van der Waals surface area contributed by atoms with Crippen molar-refractivity contribution in [3.63, 3.8) is 0 Å². The highest BCUT2D eigenvalue weighted by Crippen LogP contribution is 2.11. The van der Waals surface area contributed by atoms with Gasteiger partial charge in [0.2, 0.25) is 5.91 Å². The Balaban J connectivity index is 1.89. The van der Waals surface area contributed by atoms with E-state index in [1.807, 2.05) is 12.1 Å². The van der Waals surface area contributed by atoms with Gasteiger partial charge < -0.3 is 11.1 Å². The van der Waals surface area contributed by atoms with E-state index < -0.39 is 0 Å². The van der Waals surface area contributed by atoms with Gasteiger partial charge >= 0.3 is 0 Å². The van der Waals surface area contributed by atoms with Crippen LogP contribution in [0.15, 0.2) is 36.5 Å².